The Balaban J connectivity index is 2.13. The van der Waals surface area contributed by atoms with Gasteiger partial charge in [0.05, 0.1) is 5.41 Å². The second kappa shape index (κ2) is 5.41. The summed E-state index contributed by atoms with van der Waals surface area (Å²) in [4.78, 5) is 12.4. The maximum Gasteiger partial charge on any atom is 0.231 e. The molecule has 1 atom stereocenters. The molecule has 0 spiro atoms. The highest BCUT2D eigenvalue weighted by molar-refractivity contribution is 9.10. The van der Waals surface area contributed by atoms with E-state index in [1.165, 1.54) is 0 Å². The summed E-state index contributed by atoms with van der Waals surface area (Å²) in [7, 11) is 0. The molecule has 1 heterocycles. The topological polar surface area (TPSA) is 41.1 Å². The smallest absolute Gasteiger partial charge is 0.231 e. The van der Waals surface area contributed by atoms with Gasteiger partial charge in [-0.15, -0.1) is 0 Å². The van der Waals surface area contributed by atoms with Gasteiger partial charge in [0.1, 0.15) is 0 Å². The van der Waals surface area contributed by atoms with E-state index >= 15 is 0 Å². The molecule has 1 aliphatic rings. The molecule has 1 unspecified atom stereocenters. The van der Waals surface area contributed by atoms with Crippen LogP contribution in [0.3, 0.4) is 0 Å². The SMILES string of the molecule is Cc1ccc(Br)cc1NC(=O)C1(C)CCCNC1. The average molecular weight is 311 g/mol. The van der Waals surface area contributed by atoms with Crippen LogP contribution < -0.4 is 10.6 Å². The number of piperidine rings is 1. The Kier molecular flexibility index (Phi) is 4.07. The number of rotatable bonds is 2. The summed E-state index contributed by atoms with van der Waals surface area (Å²) in [5.41, 5.74) is 1.67. The molecule has 1 aromatic carbocycles. The van der Waals surface area contributed by atoms with Crippen molar-refractivity contribution in [3.63, 3.8) is 0 Å². The van der Waals surface area contributed by atoms with Gasteiger partial charge in [0, 0.05) is 16.7 Å². The Bertz CT molecular complexity index is 453. The molecule has 4 heteroatoms. The Morgan fingerprint density at radius 3 is 2.94 bits per heavy atom. The van der Waals surface area contributed by atoms with Crippen LogP contribution in [0, 0.1) is 12.3 Å². The lowest BCUT2D eigenvalue weighted by molar-refractivity contribution is -0.125. The second-order valence-electron chi connectivity index (χ2n) is 5.25. The van der Waals surface area contributed by atoms with Crippen molar-refractivity contribution in [1.82, 2.24) is 5.32 Å². The van der Waals surface area contributed by atoms with Crippen molar-refractivity contribution in [1.29, 1.82) is 0 Å². The normalized spacial score (nSPS) is 23.7. The van der Waals surface area contributed by atoms with Gasteiger partial charge in [0.2, 0.25) is 5.91 Å². The van der Waals surface area contributed by atoms with Crippen LogP contribution in [-0.2, 0) is 4.79 Å². The molecule has 0 aliphatic carbocycles. The van der Waals surface area contributed by atoms with E-state index in [9.17, 15) is 4.79 Å². The number of carbonyl (C=O) groups is 1. The first-order valence-corrected chi connectivity index (χ1v) is 7.09. The number of benzene rings is 1. The molecule has 18 heavy (non-hydrogen) atoms. The minimum absolute atomic E-state index is 0.107. The first-order valence-electron chi connectivity index (χ1n) is 6.30. The number of nitrogens with one attached hydrogen (secondary N) is 2. The Labute approximate surface area is 116 Å². The summed E-state index contributed by atoms with van der Waals surface area (Å²) in [6.45, 7) is 5.80. The lowest BCUT2D eigenvalue weighted by Gasteiger charge is -2.32. The molecule has 1 aromatic rings. The molecule has 1 amide bonds. The van der Waals surface area contributed by atoms with Gasteiger partial charge in [-0.25, -0.2) is 0 Å². The standard InChI is InChI=1S/C14H19BrN2O/c1-10-4-5-11(15)8-12(10)17-13(18)14(2)6-3-7-16-9-14/h4-5,8,16H,3,6-7,9H2,1-2H3,(H,17,18). The lowest BCUT2D eigenvalue weighted by atomic mass is 9.82. The van der Waals surface area contributed by atoms with Gasteiger partial charge >= 0.3 is 0 Å². The van der Waals surface area contributed by atoms with Crippen LogP contribution >= 0.6 is 15.9 Å². The fourth-order valence-corrected chi connectivity index (χ4v) is 2.61. The predicted octanol–water partition coefficient (Wildman–Crippen LogP) is 3.09. The van der Waals surface area contributed by atoms with Crippen LogP contribution in [0.25, 0.3) is 0 Å². The molecule has 2 N–H and O–H groups in total. The van der Waals surface area contributed by atoms with Gasteiger partial charge in [0.25, 0.3) is 0 Å². The van der Waals surface area contributed by atoms with Crippen LogP contribution in [0.2, 0.25) is 0 Å². The van der Waals surface area contributed by atoms with Crippen LogP contribution in [-0.4, -0.2) is 19.0 Å². The van der Waals surface area contributed by atoms with Gasteiger partial charge in [-0.05, 0) is 50.9 Å². The van der Waals surface area contributed by atoms with E-state index in [0.717, 1.165) is 41.7 Å². The molecular weight excluding hydrogens is 292 g/mol. The van der Waals surface area contributed by atoms with E-state index in [2.05, 4.69) is 26.6 Å². The molecule has 1 aliphatic heterocycles. The molecule has 0 bridgehead atoms. The highest BCUT2D eigenvalue weighted by atomic mass is 79.9. The molecule has 1 saturated heterocycles. The monoisotopic (exact) mass is 310 g/mol. The van der Waals surface area contributed by atoms with Gasteiger partial charge in [-0.1, -0.05) is 22.0 Å². The van der Waals surface area contributed by atoms with Crippen LogP contribution in [0.4, 0.5) is 5.69 Å². The zero-order valence-corrected chi connectivity index (χ0v) is 12.4. The first-order chi connectivity index (χ1) is 8.51. The number of aryl methyl sites for hydroxylation is 1. The molecule has 0 saturated carbocycles. The number of carbonyl (C=O) groups excluding carboxylic acids is 1. The van der Waals surface area contributed by atoms with Crippen molar-refractivity contribution in [2.75, 3.05) is 18.4 Å². The van der Waals surface area contributed by atoms with Crippen molar-refractivity contribution >= 4 is 27.5 Å². The van der Waals surface area contributed by atoms with Crippen molar-refractivity contribution in [2.24, 2.45) is 5.41 Å². The number of hydrogen-bond donors (Lipinski definition) is 2. The fraction of sp³-hybridized carbons (Fsp3) is 0.500. The summed E-state index contributed by atoms with van der Waals surface area (Å²) in [5, 5.41) is 6.35. The molecule has 1 fully saturated rings. The van der Waals surface area contributed by atoms with E-state index in [0.29, 0.717) is 0 Å². The minimum atomic E-state index is -0.299. The zero-order valence-electron chi connectivity index (χ0n) is 10.8. The van der Waals surface area contributed by atoms with Crippen molar-refractivity contribution in [2.45, 2.75) is 26.7 Å². The second-order valence-corrected chi connectivity index (χ2v) is 6.17. The third kappa shape index (κ3) is 2.93. The summed E-state index contributed by atoms with van der Waals surface area (Å²) in [6.07, 6.45) is 2.00. The minimum Gasteiger partial charge on any atom is -0.325 e. The highest BCUT2D eigenvalue weighted by Crippen LogP contribution is 2.28. The van der Waals surface area contributed by atoms with E-state index in [4.69, 9.17) is 0 Å². The fourth-order valence-electron chi connectivity index (χ4n) is 2.25. The zero-order chi connectivity index (χ0) is 13.2. The first kappa shape index (κ1) is 13.6. The molecule has 2 rings (SSSR count). The highest BCUT2D eigenvalue weighted by Gasteiger charge is 2.34. The third-order valence-corrected chi connectivity index (χ3v) is 4.09. The summed E-state index contributed by atoms with van der Waals surface area (Å²) in [6, 6.07) is 5.93. The van der Waals surface area contributed by atoms with Gasteiger partial charge in [0.15, 0.2) is 0 Å². The predicted molar refractivity (Wildman–Crippen MR) is 77.7 cm³/mol. The van der Waals surface area contributed by atoms with Crippen LogP contribution in [0.15, 0.2) is 22.7 Å². The van der Waals surface area contributed by atoms with Crippen molar-refractivity contribution < 1.29 is 4.79 Å². The average Bonchev–Trinajstić information content (AvgIpc) is 2.35. The maximum absolute atomic E-state index is 12.4. The Hall–Kier alpha value is -0.870. The van der Waals surface area contributed by atoms with Crippen molar-refractivity contribution in [3.05, 3.63) is 28.2 Å². The molecular formula is C14H19BrN2O. The molecule has 98 valence electrons. The van der Waals surface area contributed by atoms with Crippen LogP contribution in [0.1, 0.15) is 25.3 Å². The molecule has 0 radical (unpaired) electrons. The number of halogens is 1. The number of hydrogen-bond acceptors (Lipinski definition) is 2. The lowest BCUT2D eigenvalue weighted by Crippen LogP contribution is -2.46. The van der Waals surface area contributed by atoms with E-state index in [1.807, 2.05) is 32.0 Å². The van der Waals surface area contributed by atoms with Crippen LogP contribution in [0.5, 0.6) is 0 Å². The number of amides is 1. The summed E-state index contributed by atoms with van der Waals surface area (Å²) < 4.78 is 0.982. The summed E-state index contributed by atoms with van der Waals surface area (Å²) in [5.74, 6) is 0.107. The Morgan fingerprint density at radius 1 is 1.50 bits per heavy atom. The van der Waals surface area contributed by atoms with E-state index in [-0.39, 0.29) is 11.3 Å². The van der Waals surface area contributed by atoms with Gasteiger partial charge < -0.3 is 10.6 Å². The third-order valence-electron chi connectivity index (χ3n) is 3.59. The van der Waals surface area contributed by atoms with E-state index in [1.54, 1.807) is 0 Å². The molecule has 3 nitrogen and oxygen atoms in total. The van der Waals surface area contributed by atoms with Gasteiger partial charge in [-0.2, -0.15) is 0 Å². The van der Waals surface area contributed by atoms with E-state index < -0.39 is 0 Å². The molecule has 0 aromatic heterocycles. The van der Waals surface area contributed by atoms with Crippen molar-refractivity contribution in [3.8, 4) is 0 Å². The van der Waals surface area contributed by atoms with Gasteiger partial charge in [-0.3, -0.25) is 4.79 Å². The number of anilines is 1. The summed E-state index contributed by atoms with van der Waals surface area (Å²) >= 11 is 3.43. The largest absolute Gasteiger partial charge is 0.325 e. The Morgan fingerprint density at radius 2 is 2.28 bits per heavy atom. The quantitative estimate of drug-likeness (QED) is 0.881. The maximum atomic E-state index is 12.4.